The minimum atomic E-state index is -5.00. The van der Waals surface area contributed by atoms with Gasteiger partial charge in [-0.25, -0.2) is 9.37 Å². The molecule has 2 amide bonds. The van der Waals surface area contributed by atoms with Crippen LogP contribution in [0.5, 0.6) is 0 Å². The molecule has 182 valence electrons. The van der Waals surface area contributed by atoms with Crippen LogP contribution in [0.4, 0.5) is 17.6 Å². The van der Waals surface area contributed by atoms with Gasteiger partial charge in [0.1, 0.15) is 11.5 Å². The van der Waals surface area contributed by atoms with E-state index in [1.807, 2.05) is 6.07 Å². The van der Waals surface area contributed by atoms with E-state index in [-0.39, 0.29) is 23.1 Å². The Hall–Kier alpha value is -4.79. The Morgan fingerprint density at radius 2 is 1.72 bits per heavy atom. The number of benzene rings is 2. The molecule has 36 heavy (non-hydrogen) atoms. The average Bonchev–Trinajstić information content (AvgIpc) is 3.14. The molecule has 0 radical (unpaired) electrons. The third-order valence-corrected chi connectivity index (χ3v) is 5.57. The molecule has 0 unspecified atom stereocenters. The Labute approximate surface area is 200 Å². The lowest BCUT2D eigenvalue weighted by Gasteiger charge is -2.16. The number of carbonyl (C=O) groups is 2. The van der Waals surface area contributed by atoms with Gasteiger partial charge in [-0.15, -0.1) is 0 Å². The fourth-order valence-electron chi connectivity index (χ4n) is 3.97. The summed E-state index contributed by atoms with van der Waals surface area (Å²) in [7, 11) is 0. The molecule has 12 heteroatoms. The smallest absolute Gasteiger partial charge is 0.366 e. The fourth-order valence-corrected chi connectivity index (χ4v) is 3.97. The van der Waals surface area contributed by atoms with E-state index in [0.717, 1.165) is 22.9 Å². The van der Waals surface area contributed by atoms with Crippen molar-refractivity contribution in [3.63, 3.8) is 0 Å². The van der Waals surface area contributed by atoms with E-state index in [4.69, 9.17) is 16.7 Å². The van der Waals surface area contributed by atoms with Crippen LogP contribution in [0, 0.1) is 24.1 Å². The Bertz CT molecular complexity index is 1580. The number of rotatable bonds is 5. The minimum absolute atomic E-state index is 0.0556. The molecule has 2 aromatic heterocycles. The lowest BCUT2D eigenvalue weighted by molar-refractivity contribution is -0.141. The highest BCUT2D eigenvalue weighted by molar-refractivity contribution is 6.15. The second kappa shape index (κ2) is 8.77. The number of carbonyl (C=O) groups excluding carboxylic acids is 2. The highest BCUT2D eigenvalue weighted by atomic mass is 19.4. The molecule has 0 aliphatic heterocycles. The summed E-state index contributed by atoms with van der Waals surface area (Å²) in [4.78, 5) is 28.8. The van der Waals surface area contributed by atoms with Gasteiger partial charge in [0, 0.05) is 28.3 Å². The van der Waals surface area contributed by atoms with Gasteiger partial charge in [0.05, 0.1) is 29.3 Å². The molecule has 2 heterocycles. The fraction of sp³-hybridized carbons (Fsp3) is 0.125. The summed E-state index contributed by atoms with van der Waals surface area (Å²) in [6.45, 7) is 1.20. The highest BCUT2D eigenvalue weighted by Gasteiger charge is 2.41. The molecule has 0 saturated carbocycles. The predicted octanol–water partition coefficient (Wildman–Crippen LogP) is 3.68. The van der Waals surface area contributed by atoms with Crippen molar-refractivity contribution in [2.45, 2.75) is 19.6 Å². The van der Waals surface area contributed by atoms with Crippen molar-refractivity contribution >= 4 is 22.7 Å². The van der Waals surface area contributed by atoms with Gasteiger partial charge in [-0.05, 0) is 36.8 Å². The molecule has 0 spiro atoms. The van der Waals surface area contributed by atoms with Crippen LogP contribution < -0.4 is 11.5 Å². The van der Waals surface area contributed by atoms with Gasteiger partial charge in [-0.2, -0.15) is 23.5 Å². The van der Waals surface area contributed by atoms with Gasteiger partial charge in [0.15, 0.2) is 5.69 Å². The summed E-state index contributed by atoms with van der Waals surface area (Å²) in [6.07, 6.45) is -5.00. The van der Waals surface area contributed by atoms with E-state index in [9.17, 15) is 27.2 Å². The number of hydrogen-bond donors (Lipinski definition) is 2. The maximum absolute atomic E-state index is 14.2. The molecule has 0 fully saturated rings. The Kier molecular flexibility index (Phi) is 5.93. The number of fused-ring (bicyclic) bond motifs is 1. The average molecular weight is 496 g/mol. The quantitative estimate of drug-likeness (QED) is 0.406. The molecule has 0 atom stereocenters. The standard InChI is InChI=1S/C24H16F4N6O2/c1-11-17(21(24(26,27)28)33-34(11)10-13-4-2-12(9-29)3-5-13)19-18(22(30)35)15-7-6-14(25)8-16(15)32-20(19)23(31)36/h2-8H,10H2,1H3,(H2,30,35)(H2,31,36). The van der Waals surface area contributed by atoms with Gasteiger partial charge < -0.3 is 11.5 Å². The zero-order chi connectivity index (χ0) is 26.4. The second-order valence-corrected chi connectivity index (χ2v) is 7.87. The maximum Gasteiger partial charge on any atom is 0.435 e. The maximum atomic E-state index is 14.2. The van der Waals surface area contributed by atoms with Crippen LogP contribution in [-0.2, 0) is 12.7 Å². The number of nitrogens with zero attached hydrogens (tertiary/aromatic N) is 4. The first kappa shape index (κ1) is 24.3. The lowest BCUT2D eigenvalue weighted by Crippen LogP contribution is -2.21. The van der Waals surface area contributed by atoms with E-state index >= 15 is 0 Å². The first-order chi connectivity index (χ1) is 16.9. The van der Waals surface area contributed by atoms with E-state index < -0.39 is 51.9 Å². The Balaban J connectivity index is 2.07. The highest BCUT2D eigenvalue weighted by Crippen LogP contribution is 2.42. The zero-order valence-electron chi connectivity index (χ0n) is 18.5. The number of nitriles is 1. The number of nitrogens with two attached hydrogens (primary N) is 2. The van der Waals surface area contributed by atoms with E-state index in [0.29, 0.717) is 11.1 Å². The van der Waals surface area contributed by atoms with Crippen molar-refractivity contribution in [2.75, 3.05) is 0 Å². The van der Waals surface area contributed by atoms with Crippen LogP contribution in [0.15, 0.2) is 42.5 Å². The molecule has 2 aromatic carbocycles. The van der Waals surface area contributed by atoms with Crippen molar-refractivity contribution in [2.24, 2.45) is 11.5 Å². The minimum Gasteiger partial charge on any atom is -0.366 e. The molecular formula is C24H16F4N6O2. The molecule has 0 aliphatic rings. The Morgan fingerprint density at radius 1 is 1.06 bits per heavy atom. The molecule has 4 N–H and O–H groups in total. The summed E-state index contributed by atoms with van der Waals surface area (Å²) in [5.41, 5.74) is 7.96. The molecular weight excluding hydrogens is 480 g/mol. The van der Waals surface area contributed by atoms with Crippen LogP contribution in [0.25, 0.3) is 22.0 Å². The summed E-state index contributed by atoms with van der Waals surface area (Å²) in [6, 6.07) is 11.1. The zero-order valence-corrected chi connectivity index (χ0v) is 18.5. The number of alkyl halides is 3. The van der Waals surface area contributed by atoms with Gasteiger partial charge in [-0.1, -0.05) is 12.1 Å². The summed E-state index contributed by atoms with van der Waals surface area (Å²) in [5, 5.41) is 12.6. The van der Waals surface area contributed by atoms with E-state index in [1.54, 1.807) is 12.1 Å². The first-order valence-corrected chi connectivity index (χ1v) is 10.3. The van der Waals surface area contributed by atoms with Crippen molar-refractivity contribution < 1.29 is 27.2 Å². The van der Waals surface area contributed by atoms with E-state index in [1.165, 1.54) is 19.1 Å². The normalized spacial score (nSPS) is 11.4. The molecule has 4 rings (SSSR count). The molecule has 0 aliphatic carbocycles. The third-order valence-electron chi connectivity index (χ3n) is 5.57. The monoisotopic (exact) mass is 496 g/mol. The summed E-state index contributed by atoms with van der Waals surface area (Å²) >= 11 is 0. The van der Waals surface area contributed by atoms with Crippen LogP contribution in [0.3, 0.4) is 0 Å². The molecule has 8 nitrogen and oxygen atoms in total. The van der Waals surface area contributed by atoms with Crippen molar-refractivity contribution in [3.05, 3.63) is 82.1 Å². The van der Waals surface area contributed by atoms with Crippen LogP contribution in [0.1, 0.15) is 43.4 Å². The number of hydrogen-bond acceptors (Lipinski definition) is 5. The van der Waals surface area contributed by atoms with Crippen molar-refractivity contribution in [3.8, 4) is 17.2 Å². The summed E-state index contributed by atoms with van der Waals surface area (Å²) < 4.78 is 57.4. The lowest BCUT2D eigenvalue weighted by atomic mass is 9.92. The summed E-state index contributed by atoms with van der Waals surface area (Å²) in [5.74, 6) is -3.17. The Morgan fingerprint density at radius 3 is 2.28 bits per heavy atom. The van der Waals surface area contributed by atoms with E-state index in [2.05, 4.69) is 10.1 Å². The predicted molar refractivity (Wildman–Crippen MR) is 120 cm³/mol. The number of primary amides is 2. The van der Waals surface area contributed by atoms with Crippen molar-refractivity contribution in [1.29, 1.82) is 5.26 Å². The van der Waals surface area contributed by atoms with Crippen LogP contribution >= 0.6 is 0 Å². The SMILES string of the molecule is Cc1c(-c2c(C(N)=O)nc3cc(F)ccc3c2C(N)=O)c(C(F)(F)F)nn1Cc1ccc(C#N)cc1. The van der Waals surface area contributed by atoms with Crippen molar-refractivity contribution in [1.82, 2.24) is 14.8 Å². The largest absolute Gasteiger partial charge is 0.435 e. The third kappa shape index (κ3) is 4.22. The molecule has 0 bridgehead atoms. The van der Waals surface area contributed by atoms with Gasteiger partial charge in [-0.3, -0.25) is 14.3 Å². The number of pyridine rings is 1. The van der Waals surface area contributed by atoms with Crippen LogP contribution in [0.2, 0.25) is 0 Å². The van der Waals surface area contributed by atoms with Crippen LogP contribution in [-0.4, -0.2) is 26.6 Å². The van der Waals surface area contributed by atoms with Gasteiger partial charge in [0.2, 0.25) is 5.91 Å². The second-order valence-electron chi connectivity index (χ2n) is 7.87. The topological polar surface area (TPSA) is 141 Å². The first-order valence-electron chi connectivity index (χ1n) is 10.3. The molecule has 4 aromatic rings. The van der Waals surface area contributed by atoms with Gasteiger partial charge in [0.25, 0.3) is 5.91 Å². The number of halogens is 4. The number of aromatic nitrogens is 3. The van der Waals surface area contributed by atoms with Gasteiger partial charge >= 0.3 is 6.18 Å². The molecule has 0 saturated heterocycles. The number of amides is 2.